The van der Waals surface area contributed by atoms with E-state index in [1.54, 1.807) is 6.92 Å². The van der Waals surface area contributed by atoms with Crippen LogP contribution in [-0.2, 0) is 4.74 Å². The molecular weight excluding hydrogens is 319 g/mol. The Morgan fingerprint density at radius 2 is 1.86 bits per heavy atom. The van der Waals surface area contributed by atoms with E-state index in [4.69, 9.17) is 11.6 Å². The number of benzene rings is 2. The molecule has 116 valence electrons. The van der Waals surface area contributed by atoms with Gasteiger partial charge in [-0.2, -0.15) is 0 Å². The van der Waals surface area contributed by atoms with Crippen molar-refractivity contribution < 1.29 is 22.7 Å². The molecule has 0 radical (unpaired) electrons. The third-order valence-electron chi connectivity index (χ3n) is 3.01. The van der Waals surface area contributed by atoms with Gasteiger partial charge < -0.3 is 10.1 Å². The maximum atomic E-state index is 14.1. The first-order chi connectivity index (χ1) is 10.3. The van der Waals surface area contributed by atoms with Crippen LogP contribution in [0.5, 0.6) is 0 Å². The number of aryl methyl sites for hydroxylation is 1. The van der Waals surface area contributed by atoms with E-state index in [1.807, 2.05) is 0 Å². The second-order valence-corrected chi connectivity index (χ2v) is 4.86. The summed E-state index contributed by atoms with van der Waals surface area (Å²) in [4.78, 5) is 11.7. The minimum absolute atomic E-state index is 0.166. The van der Waals surface area contributed by atoms with E-state index in [9.17, 15) is 18.0 Å². The highest BCUT2D eigenvalue weighted by atomic mass is 35.5. The van der Waals surface area contributed by atoms with E-state index in [1.165, 1.54) is 18.2 Å². The third-order valence-corrected chi connectivity index (χ3v) is 3.36. The second kappa shape index (κ2) is 6.27. The number of anilines is 2. The summed E-state index contributed by atoms with van der Waals surface area (Å²) in [5.74, 6) is -3.73. The van der Waals surface area contributed by atoms with Gasteiger partial charge in [0.2, 0.25) is 0 Å². The lowest BCUT2D eigenvalue weighted by molar-refractivity contribution is 0.0596. The summed E-state index contributed by atoms with van der Waals surface area (Å²) in [7, 11) is 1.06. The molecule has 0 saturated heterocycles. The van der Waals surface area contributed by atoms with Gasteiger partial charge in [-0.3, -0.25) is 0 Å². The number of esters is 1. The lowest BCUT2D eigenvalue weighted by atomic mass is 10.1. The minimum atomic E-state index is -1.23. The largest absolute Gasteiger partial charge is 0.465 e. The van der Waals surface area contributed by atoms with E-state index in [0.717, 1.165) is 13.2 Å². The van der Waals surface area contributed by atoms with Crippen molar-refractivity contribution in [1.29, 1.82) is 0 Å². The van der Waals surface area contributed by atoms with Gasteiger partial charge in [-0.05, 0) is 36.8 Å². The number of nitrogens with one attached hydrogen (secondary N) is 1. The molecule has 3 nitrogen and oxygen atoms in total. The van der Waals surface area contributed by atoms with Crippen LogP contribution in [0.4, 0.5) is 24.5 Å². The topological polar surface area (TPSA) is 38.3 Å². The standard InChI is InChI=1S/C15H11ClF3NO2/c1-7-5-8(17)3-4-10(7)20-11-6-9(18)13(16)14(19)12(11)15(21)22-2/h3-6,20H,1-2H3. The molecule has 0 aromatic heterocycles. The molecular formula is C15H11ClF3NO2. The zero-order valence-electron chi connectivity index (χ0n) is 11.6. The van der Waals surface area contributed by atoms with Gasteiger partial charge in [0.1, 0.15) is 22.2 Å². The fraction of sp³-hybridized carbons (Fsp3) is 0.133. The predicted molar refractivity (Wildman–Crippen MR) is 77.1 cm³/mol. The number of rotatable bonds is 3. The van der Waals surface area contributed by atoms with Crippen LogP contribution >= 0.6 is 11.6 Å². The van der Waals surface area contributed by atoms with Crippen molar-refractivity contribution in [2.75, 3.05) is 12.4 Å². The maximum Gasteiger partial charge on any atom is 0.343 e. The van der Waals surface area contributed by atoms with Crippen LogP contribution in [0.1, 0.15) is 15.9 Å². The first-order valence-electron chi connectivity index (χ1n) is 6.14. The summed E-state index contributed by atoms with van der Waals surface area (Å²) in [6.45, 7) is 1.60. The Labute approximate surface area is 129 Å². The van der Waals surface area contributed by atoms with E-state index in [-0.39, 0.29) is 5.69 Å². The number of ether oxygens (including phenoxy) is 1. The average Bonchev–Trinajstić information content (AvgIpc) is 2.47. The molecule has 0 saturated carbocycles. The number of carbonyl (C=O) groups is 1. The molecule has 0 atom stereocenters. The monoisotopic (exact) mass is 329 g/mol. The third kappa shape index (κ3) is 3.01. The van der Waals surface area contributed by atoms with E-state index in [2.05, 4.69) is 10.1 Å². The summed E-state index contributed by atoms with van der Waals surface area (Å²) in [5, 5.41) is 1.88. The fourth-order valence-corrected chi connectivity index (χ4v) is 2.06. The quantitative estimate of drug-likeness (QED) is 0.661. The van der Waals surface area contributed by atoms with Gasteiger partial charge in [0, 0.05) is 5.69 Å². The van der Waals surface area contributed by atoms with Gasteiger partial charge in [0.05, 0.1) is 12.8 Å². The summed E-state index contributed by atoms with van der Waals surface area (Å²) < 4.78 is 45.3. The number of carbonyl (C=O) groups excluding carboxylic acids is 1. The highest BCUT2D eigenvalue weighted by Crippen LogP contribution is 2.32. The van der Waals surface area contributed by atoms with E-state index >= 15 is 0 Å². The molecule has 0 aliphatic rings. The fourth-order valence-electron chi connectivity index (χ4n) is 1.91. The molecule has 7 heteroatoms. The second-order valence-electron chi connectivity index (χ2n) is 4.48. The van der Waals surface area contributed by atoms with Crippen LogP contribution in [0.25, 0.3) is 0 Å². The van der Waals surface area contributed by atoms with E-state index in [0.29, 0.717) is 11.3 Å². The van der Waals surface area contributed by atoms with Crippen LogP contribution < -0.4 is 5.32 Å². The SMILES string of the molecule is COC(=O)c1c(Nc2ccc(F)cc2C)cc(F)c(Cl)c1F. The smallest absolute Gasteiger partial charge is 0.343 e. The lowest BCUT2D eigenvalue weighted by Crippen LogP contribution is -2.10. The number of hydrogen-bond acceptors (Lipinski definition) is 3. The molecule has 0 heterocycles. The van der Waals surface area contributed by atoms with Gasteiger partial charge in [-0.25, -0.2) is 18.0 Å². The van der Waals surface area contributed by atoms with Crippen molar-refractivity contribution in [3.63, 3.8) is 0 Å². The highest BCUT2D eigenvalue weighted by Gasteiger charge is 2.24. The van der Waals surface area contributed by atoms with Gasteiger partial charge in [-0.1, -0.05) is 11.6 Å². The van der Waals surface area contributed by atoms with Crippen molar-refractivity contribution in [3.8, 4) is 0 Å². The van der Waals surface area contributed by atoms with Crippen molar-refractivity contribution in [3.05, 3.63) is 57.9 Å². The molecule has 2 rings (SSSR count). The van der Waals surface area contributed by atoms with Crippen molar-refractivity contribution >= 4 is 28.9 Å². The molecule has 2 aromatic rings. The summed E-state index contributed by atoms with van der Waals surface area (Å²) in [5.41, 5.74) is 0.179. The zero-order chi connectivity index (χ0) is 16.4. The normalized spacial score (nSPS) is 10.5. The van der Waals surface area contributed by atoms with E-state index < -0.39 is 34.0 Å². The van der Waals surface area contributed by atoms with Gasteiger partial charge in [0.15, 0.2) is 5.82 Å². The summed E-state index contributed by atoms with van der Waals surface area (Å²) in [6.07, 6.45) is 0. The zero-order valence-corrected chi connectivity index (χ0v) is 12.4. The Bertz CT molecular complexity index is 750. The molecule has 0 unspecified atom stereocenters. The maximum absolute atomic E-state index is 14.1. The average molecular weight is 330 g/mol. The molecule has 2 aromatic carbocycles. The Morgan fingerprint density at radius 3 is 2.45 bits per heavy atom. The van der Waals surface area contributed by atoms with Gasteiger partial charge >= 0.3 is 5.97 Å². The minimum Gasteiger partial charge on any atom is -0.465 e. The summed E-state index contributed by atoms with van der Waals surface area (Å²) in [6, 6.07) is 4.68. The Morgan fingerprint density at radius 1 is 1.18 bits per heavy atom. The van der Waals surface area contributed by atoms with Gasteiger partial charge in [-0.15, -0.1) is 0 Å². The molecule has 0 amide bonds. The molecule has 0 aliphatic carbocycles. The van der Waals surface area contributed by atoms with Crippen LogP contribution in [0, 0.1) is 24.4 Å². The molecule has 0 fully saturated rings. The van der Waals surface area contributed by atoms with Crippen LogP contribution in [0.3, 0.4) is 0 Å². The molecule has 0 spiro atoms. The number of halogens is 4. The number of hydrogen-bond donors (Lipinski definition) is 1. The Hall–Kier alpha value is -2.21. The van der Waals surface area contributed by atoms with Crippen molar-refractivity contribution in [1.82, 2.24) is 0 Å². The first-order valence-corrected chi connectivity index (χ1v) is 6.52. The van der Waals surface area contributed by atoms with Crippen LogP contribution in [-0.4, -0.2) is 13.1 Å². The number of methoxy groups -OCH3 is 1. The van der Waals surface area contributed by atoms with Crippen LogP contribution in [0.15, 0.2) is 24.3 Å². The van der Waals surface area contributed by atoms with Gasteiger partial charge in [0.25, 0.3) is 0 Å². The highest BCUT2D eigenvalue weighted by molar-refractivity contribution is 6.31. The Kier molecular flexibility index (Phi) is 4.61. The molecule has 0 aliphatic heterocycles. The predicted octanol–water partition coefficient (Wildman–Crippen LogP) is 4.60. The van der Waals surface area contributed by atoms with Crippen molar-refractivity contribution in [2.24, 2.45) is 0 Å². The Balaban J connectivity index is 2.56. The first kappa shape index (κ1) is 16.2. The van der Waals surface area contributed by atoms with Crippen molar-refractivity contribution in [2.45, 2.75) is 6.92 Å². The summed E-state index contributed by atoms with van der Waals surface area (Å²) >= 11 is 5.48. The molecule has 1 N–H and O–H groups in total. The molecule has 22 heavy (non-hydrogen) atoms. The molecule has 0 bridgehead atoms. The van der Waals surface area contributed by atoms with Crippen LogP contribution in [0.2, 0.25) is 5.02 Å². The lowest BCUT2D eigenvalue weighted by Gasteiger charge is -2.14.